The van der Waals surface area contributed by atoms with E-state index in [9.17, 15) is 9.59 Å². The van der Waals surface area contributed by atoms with Gasteiger partial charge in [0, 0.05) is 6.61 Å². The van der Waals surface area contributed by atoms with E-state index in [1.54, 1.807) is 0 Å². The normalized spacial score (nSPS) is 27.3. The first-order chi connectivity index (χ1) is 7.00. The van der Waals surface area contributed by atoms with Crippen LogP contribution in [0.25, 0.3) is 0 Å². The number of carbonyl (C=O) groups excluding carboxylic acids is 2. The van der Waals surface area contributed by atoms with Crippen LogP contribution in [-0.4, -0.2) is 36.6 Å². The first-order valence-corrected chi connectivity index (χ1v) is 4.96. The average molecular weight is 215 g/mol. The summed E-state index contributed by atoms with van der Waals surface area (Å²) < 4.78 is 5.28. The smallest absolute Gasteiger partial charge is 0.237 e. The molecule has 3 atom stereocenters. The van der Waals surface area contributed by atoms with Gasteiger partial charge in [-0.25, -0.2) is 0 Å². The van der Waals surface area contributed by atoms with Crippen molar-refractivity contribution >= 4 is 11.8 Å². The van der Waals surface area contributed by atoms with Gasteiger partial charge in [-0.15, -0.1) is 0 Å². The Morgan fingerprint density at radius 2 is 2.27 bits per heavy atom. The van der Waals surface area contributed by atoms with Gasteiger partial charge in [0.15, 0.2) is 0 Å². The van der Waals surface area contributed by atoms with E-state index in [0.29, 0.717) is 6.61 Å². The Labute approximate surface area is 88.3 Å². The summed E-state index contributed by atoms with van der Waals surface area (Å²) in [6.07, 6.45) is 0.638. The van der Waals surface area contributed by atoms with Crippen molar-refractivity contribution in [2.24, 2.45) is 11.5 Å². The van der Waals surface area contributed by atoms with Gasteiger partial charge in [-0.3, -0.25) is 9.59 Å². The predicted octanol–water partition coefficient (Wildman–Crippen LogP) is -1.52. The molecule has 0 aromatic carbocycles. The molecule has 0 spiro atoms. The van der Waals surface area contributed by atoms with Crippen molar-refractivity contribution in [3.05, 3.63) is 0 Å². The predicted molar refractivity (Wildman–Crippen MR) is 53.7 cm³/mol. The minimum Gasteiger partial charge on any atom is -0.376 e. The fourth-order valence-electron chi connectivity index (χ4n) is 1.52. The number of rotatable bonds is 4. The van der Waals surface area contributed by atoms with Crippen LogP contribution in [0.15, 0.2) is 0 Å². The van der Waals surface area contributed by atoms with Gasteiger partial charge >= 0.3 is 0 Å². The monoisotopic (exact) mass is 215 g/mol. The van der Waals surface area contributed by atoms with Crippen molar-refractivity contribution in [3.8, 4) is 0 Å². The van der Waals surface area contributed by atoms with Crippen LogP contribution in [0.2, 0.25) is 0 Å². The van der Waals surface area contributed by atoms with Crippen LogP contribution in [0.3, 0.4) is 0 Å². The maximum atomic E-state index is 11.5. The summed E-state index contributed by atoms with van der Waals surface area (Å²) in [4.78, 5) is 22.0. The van der Waals surface area contributed by atoms with Gasteiger partial charge in [0.2, 0.25) is 11.8 Å². The second-order valence-electron chi connectivity index (χ2n) is 3.76. The number of hydrogen-bond acceptors (Lipinski definition) is 4. The molecule has 0 bridgehead atoms. The molecule has 1 aliphatic rings. The van der Waals surface area contributed by atoms with Gasteiger partial charge in [-0.1, -0.05) is 0 Å². The fraction of sp³-hybridized carbons (Fsp3) is 0.778. The first-order valence-electron chi connectivity index (χ1n) is 4.96. The van der Waals surface area contributed by atoms with E-state index in [4.69, 9.17) is 16.2 Å². The van der Waals surface area contributed by atoms with Gasteiger partial charge < -0.3 is 21.5 Å². The van der Waals surface area contributed by atoms with Crippen molar-refractivity contribution in [3.63, 3.8) is 0 Å². The van der Waals surface area contributed by atoms with Crippen LogP contribution in [0, 0.1) is 0 Å². The number of nitrogens with one attached hydrogen (secondary N) is 1. The number of ether oxygens (including phenoxy) is 1. The van der Waals surface area contributed by atoms with Crippen molar-refractivity contribution in [1.29, 1.82) is 0 Å². The van der Waals surface area contributed by atoms with Gasteiger partial charge in [0.25, 0.3) is 0 Å². The van der Waals surface area contributed by atoms with E-state index < -0.39 is 11.9 Å². The molecule has 1 aliphatic heterocycles. The van der Waals surface area contributed by atoms with E-state index in [2.05, 4.69) is 5.32 Å². The quantitative estimate of drug-likeness (QED) is 0.529. The minimum atomic E-state index is -0.865. The zero-order chi connectivity index (χ0) is 11.4. The van der Waals surface area contributed by atoms with Crippen LogP contribution in [0.1, 0.15) is 19.8 Å². The lowest BCUT2D eigenvalue weighted by atomic mass is 10.1. The van der Waals surface area contributed by atoms with E-state index in [1.807, 2.05) is 6.92 Å². The zero-order valence-corrected chi connectivity index (χ0v) is 8.73. The highest BCUT2D eigenvalue weighted by molar-refractivity contribution is 5.87. The van der Waals surface area contributed by atoms with Gasteiger partial charge in [-0.2, -0.15) is 0 Å². The molecule has 1 heterocycles. The number of hydrogen-bond donors (Lipinski definition) is 3. The molecule has 0 aromatic heterocycles. The largest absolute Gasteiger partial charge is 0.376 e. The highest BCUT2D eigenvalue weighted by atomic mass is 16.5. The summed E-state index contributed by atoms with van der Waals surface area (Å²) in [6.45, 7) is 2.52. The summed E-state index contributed by atoms with van der Waals surface area (Å²) >= 11 is 0. The van der Waals surface area contributed by atoms with E-state index in [1.165, 1.54) is 0 Å². The van der Waals surface area contributed by atoms with Gasteiger partial charge in [-0.05, 0) is 13.3 Å². The molecule has 0 saturated carbocycles. The molecule has 6 nitrogen and oxygen atoms in total. The Kier molecular flexibility index (Phi) is 4.05. The Hall–Kier alpha value is -1.14. The number of carbonyl (C=O) groups is 2. The van der Waals surface area contributed by atoms with Gasteiger partial charge in [0.05, 0.1) is 24.6 Å². The zero-order valence-electron chi connectivity index (χ0n) is 8.73. The summed E-state index contributed by atoms with van der Waals surface area (Å²) in [5, 5.41) is 2.74. The molecular weight excluding hydrogens is 198 g/mol. The first kappa shape index (κ1) is 11.9. The standard InChI is InChI=1S/C9H17N3O3/c1-5-7(2-3-15-5)12-9(14)6(10)4-8(11)13/h5-7H,2-4,10H2,1H3,(H2,11,13)(H,12,14). The topological polar surface area (TPSA) is 107 Å². The third-order valence-corrected chi connectivity index (χ3v) is 2.46. The molecular formula is C9H17N3O3. The highest BCUT2D eigenvalue weighted by Gasteiger charge is 2.27. The van der Waals surface area contributed by atoms with Crippen LogP contribution in [0.4, 0.5) is 0 Å². The number of nitrogens with two attached hydrogens (primary N) is 2. The van der Waals surface area contributed by atoms with Gasteiger partial charge in [0.1, 0.15) is 0 Å². The second-order valence-corrected chi connectivity index (χ2v) is 3.76. The molecule has 5 N–H and O–H groups in total. The lowest BCUT2D eigenvalue weighted by molar-refractivity contribution is -0.127. The Bertz CT molecular complexity index is 257. The summed E-state index contributed by atoms with van der Waals surface area (Å²) in [6, 6.07) is -0.883. The molecule has 6 heteroatoms. The SMILES string of the molecule is CC1OCCC1NC(=O)C(N)CC(N)=O. The van der Waals surface area contributed by atoms with Crippen LogP contribution in [0.5, 0.6) is 0 Å². The third-order valence-electron chi connectivity index (χ3n) is 2.46. The minimum absolute atomic E-state index is 0.00488. The third kappa shape index (κ3) is 3.49. The van der Waals surface area contributed by atoms with E-state index in [-0.39, 0.29) is 24.5 Å². The average Bonchev–Trinajstić information content (AvgIpc) is 2.50. The van der Waals surface area contributed by atoms with Crippen molar-refractivity contribution < 1.29 is 14.3 Å². The molecule has 1 saturated heterocycles. The Morgan fingerprint density at radius 1 is 1.60 bits per heavy atom. The molecule has 0 radical (unpaired) electrons. The van der Waals surface area contributed by atoms with Crippen molar-refractivity contribution in [2.75, 3.05) is 6.61 Å². The lowest BCUT2D eigenvalue weighted by Crippen LogP contribution is -2.48. The molecule has 86 valence electrons. The van der Waals surface area contributed by atoms with E-state index >= 15 is 0 Å². The molecule has 0 aromatic rings. The maximum absolute atomic E-state index is 11.5. The highest BCUT2D eigenvalue weighted by Crippen LogP contribution is 2.12. The Morgan fingerprint density at radius 3 is 2.73 bits per heavy atom. The second kappa shape index (κ2) is 5.09. The number of primary amides is 1. The molecule has 1 fully saturated rings. The Balaban J connectivity index is 2.37. The van der Waals surface area contributed by atoms with Crippen LogP contribution in [-0.2, 0) is 14.3 Å². The fourth-order valence-corrected chi connectivity index (χ4v) is 1.52. The molecule has 1 rings (SSSR count). The van der Waals surface area contributed by atoms with Crippen LogP contribution >= 0.6 is 0 Å². The van der Waals surface area contributed by atoms with E-state index in [0.717, 1.165) is 6.42 Å². The summed E-state index contributed by atoms with van der Waals surface area (Å²) in [7, 11) is 0. The van der Waals surface area contributed by atoms with Crippen LogP contribution < -0.4 is 16.8 Å². The van der Waals surface area contributed by atoms with Crippen molar-refractivity contribution in [2.45, 2.75) is 38.0 Å². The molecule has 2 amide bonds. The maximum Gasteiger partial charge on any atom is 0.237 e. The van der Waals surface area contributed by atoms with Crippen molar-refractivity contribution in [1.82, 2.24) is 5.32 Å². The molecule has 0 aliphatic carbocycles. The lowest BCUT2D eigenvalue weighted by Gasteiger charge is -2.18. The number of amides is 2. The molecule has 15 heavy (non-hydrogen) atoms. The summed E-state index contributed by atoms with van der Waals surface area (Å²) in [5.41, 5.74) is 10.4. The molecule has 3 unspecified atom stereocenters. The summed E-state index contributed by atoms with van der Waals surface area (Å²) in [5.74, 6) is -0.926.